The first-order chi connectivity index (χ1) is 5.72. The fourth-order valence-corrected chi connectivity index (χ4v) is 0.539. The van der Waals surface area contributed by atoms with Crippen molar-refractivity contribution in [1.29, 1.82) is 0 Å². The molecule has 0 bridgehead atoms. The highest BCUT2D eigenvalue weighted by atomic mass is 16.2. The minimum atomic E-state index is 0.271. The van der Waals surface area contributed by atoms with Crippen molar-refractivity contribution in [3.8, 4) is 0 Å². The zero-order chi connectivity index (χ0) is 9.82. The van der Waals surface area contributed by atoms with Gasteiger partial charge in [0.15, 0.2) is 0 Å². The van der Waals surface area contributed by atoms with Gasteiger partial charge in [0.05, 0.1) is 0 Å². The molecule has 0 aromatic carbocycles. The predicted molar refractivity (Wildman–Crippen MR) is 55.0 cm³/mol. The molecule has 0 radical (unpaired) electrons. The van der Waals surface area contributed by atoms with Crippen LogP contribution in [0.15, 0.2) is 12.2 Å². The molecule has 0 spiro atoms. The quantitative estimate of drug-likeness (QED) is 0.638. The molecule has 0 aromatic heterocycles. The standard InChI is InChI=1S/C8H16O.C2H7N/c1-3-8(2)6-4-5-7-9;1-2-3/h4,6,8-9H,3,5,7H2,1-2H3;2-3H2,1H3/b6-4-;. The number of aliphatic hydroxyl groups is 1. The SMILES string of the molecule is CCC(C)/C=C\CCO.CCN. The van der Waals surface area contributed by atoms with Gasteiger partial charge in [-0.05, 0) is 18.9 Å². The second-order valence-electron chi connectivity index (χ2n) is 2.73. The summed E-state index contributed by atoms with van der Waals surface area (Å²) in [5, 5.41) is 8.40. The van der Waals surface area contributed by atoms with Crippen LogP contribution < -0.4 is 5.73 Å². The Balaban J connectivity index is 0. The summed E-state index contributed by atoms with van der Waals surface area (Å²) in [5.41, 5.74) is 4.85. The molecule has 1 unspecified atom stereocenters. The van der Waals surface area contributed by atoms with Crippen LogP contribution in [0.2, 0.25) is 0 Å². The number of nitrogens with two attached hydrogens (primary N) is 1. The van der Waals surface area contributed by atoms with Gasteiger partial charge in [0.1, 0.15) is 0 Å². The average molecular weight is 173 g/mol. The van der Waals surface area contributed by atoms with Crippen LogP contribution in [-0.4, -0.2) is 18.3 Å². The summed E-state index contributed by atoms with van der Waals surface area (Å²) in [7, 11) is 0. The molecule has 0 fully saturated rings. The molecule has 0 amide bonds. The molecule has 2 heteroatoms. The second-order valence-corrected chi connectivity index (χ2v) is 2.73. The van der Waals surface area contributed by atoms with Gasteiger partial charge in [-0.1, -0.05) is 39.3 Å². The van der Waals surface area contributed by atoms with Crippen molar-refractivity contribution in [2.24, 2.45) is 11.7 Å². The number of hydrogen-bond donors (Lipinski definition) is 2. The molecular formula is C10H23NO. The molecule has 0 heterocycles. The fraction of sp³-hybridized carbons (Fsp3) is 0.800. The summed E-state index contributed by atoms with van der Waals surface area (Å²) in [5.74, 6) is 0.663. The smallest absolute Gasteiger partial charge is 0.0465 e. The highest BCUT2D eigenvalue weighted by Gasteiger charge is 1.88. The van der Waals surface area contributed by atoms with Crippen molar-refractivity contribution in [1.82, 2.24) is 0 Å². The Morgan fingerprint density at radius 2 is 1.92 bits per heavy atom. The van der Waals surface area contributed by atoms with Gasteiger partial charge in [-0.2, -0.15) is 0 Å². The highest BCUT2D eigenvalue weighted by molar-refractivity contribution is 4.85. The lowest BCUT2D eigenvalue weighted by atomic mass is 10.1. The van der Waals surface area contributed by atoms with Crippen LogP contribution in [-0.2, 0) is 0 Å². The monoisotopic (exact) mass is 173 g/mol. The van der Waals surface area contributed by atoms with Crippen LogP contribution >= 0.6 is 0 Å². The highest BCUT2D eigenvalue weighted by Crippen LogP contribution is 2.01. The third kappa shape index (κ3) is 16.3. The van der Waals surface area contributed by atoms with Gasteiger partial charge in [-0.25, -0.2) is 0 Å². The first kappa shape index (κ1) is 14.2. The number of allylic oxidation sites excluding steroid dienone is 1. The maximum absolute atomic E-state index is 8.40. The minimum absolute atomic E-state index is 0.271. The molecule has 1 atom stereocenters. The maximum atomic E-state index is 8.40. The number of hydrogen-bond acceptors (Lipinski definition) is 2. The van der Waals surface area contributed by atoms with Crippen molar-refractivity contribution in [2.45, 2.75) is 33.6 Å². The molecule has 0 rings (SSSR count). The van der Waals surface area contributed by atoms with Crippen LogP contribution in [0.4, 0.5) is 0 Å². The minimum Gasteiger partial charge on any atom is -0.396 e. The first-order valence-corrected chi connectivity index (χ1v) is 4.70. The van der Waals surface area contributed by atoms with E-state index in [-0.39, 0.29) is 6.61 Å². The summed E-state index contributed by atoms with van der Waals surface area (Å²) in [4.78, 5) is 0. The molecule has 12 heavy (non-hydrogen) atoms. The zero-order valence-corrected chi connectivity index (χ0v) is 8.59. The molecule has 2 nitrogen and oxygen atoms in total. The van der Waals surface area contributed by atoms with Crippen LogP contribution in [0.25, 0.3) is 0 Å². The Hall–Kier alpha value is -0.340. The molecule has 0 aromatic rings. The van der Waals surface area contributed by atoms with Crippen LogP contribution in [0.1, 0.15) is 33.6 Å². The molecule has 74 valence electrons. The lowest BCUT2D eigenvalue weighted by Crippen LogP contribution is -1.87. The number of aliphatic hydroxyl groups excluding tert-OH is 1. The Kier molecular flexibility index (Phi) is 15.7. The Labute approximate surface area is 76.5 Å². The van der Waals surface area contributed by atoms with Gasteiger partial charge in [0.25, 0.3) is 0 Å². The summed E-state index contributed by atoms with van der Waals surface area (Å²) >= 11 is 0. The lowest BCUT2D eigenvalue weighted by Gasteiger charge is -1.97. The third-order valence-electron chi connectivity index (χ3n) is 1.40. The Bertz CT molecular complexity index is 91.8. The van der Waals surface area contributed by atoms with E-state index in [0.717, 1.165) is 13.0 Å². The Morgan fingerprint density at radius 1 is 1.42 bits per heavy atom. The van der Waals surface area contributed by atoms with Crippen molar-refractivity contribution in [3.63, 3.8) is 0 Å². The van der Waals surface area contributed by atoms with Crippen LogP contribution in [0.3, 0.4) is 0 Å². The summed E-state index contributed by atoms with van der Waals surface area (Å²) in [6.45, 7) is 7.26. The molecule has 0 aliphatic carbocycles. The van der Waals surface area contributed by atoms with Crippen LogP contribution in [0.5, 0.6) is 0 Å². The van der Waals surface area contributed by atoms with E-state index < -0.39 is 0 Å². The molecule has 0 aliphatic rings. The van der Waals surface area contributed by atoms with Gasteiger partial charge in [0.2, 0.25) is 0 Å². The van der Waals surface area contributed by atoms with Gasteiger partial charge in [0, 0.05) is 6.61 Å². The summed E-state index contributed by atoms with van der Waals surface area (Å²) in [6, 6.07) is 0. The van der Waals surface area contributed by atoms with E-state index in [0.29, 0.717) is 5.92 Å². The largest absolute Gasteiger partial charge is 0.396 e. The summed E-state index contributed by atoms with van der Waals surface area (Å²) in [6.07, 6.45) is 6.16. The normalized spacial score (nSPS) is 12.4. The molecule has 3 N–H and O–H groups in total. The van der Waals surface area contributed by atoms with E-state index in [1.54, 1.807) is 0 Å². The van der Waals surface area contributed by atoms with Gasteiger partial charge >= 0.3 is 0 Å². The zero-order valence-electron chi connectivity index (χ0n) is 8.59. The number of rotatable bonds is 4. The van der Waals surface area contributed by atoms with E-state index in [9.17, 15) is 0 Å². The van der Waals surface area contributed by atoms with Gasteiger partial charge < -0.3 is 10.8 Å². The van der Waals surface area contributed by atoms with E-state index >= 15 is 0 Å². The topological polar surface area (TPSA) is 46.2 Å². The van der Waals surface area contributed by atoms with Crippen LogP contribution in [0, 0.1) is 5.92 Å². The van der Waals surface area contributed by atoms with E-state index in [1.807, 2.05) is 13.0 Å². The Morgan fingerprint density at radius 3 is 2.25 bits per heavy atom. The molecule has 0 saturated heterocycles. The van der Waals surface area contributed by atoms with E-state index in [2.05, 4.69) is 19.9 Å². The van der Waals surface area contributed by atoms with Crippen molar-refractivity contribution < 1.29 is 5.11 Å². The van der Waals surface area contributed by atoms with Crippen molar-refractivity contribution >= 4 is 0 Å². The second kappa shape index (κ2) is 13.3. The van der Waals surface area contributed by atoms with E-state index in [1.165, 1.54) is 6.42 Å². The molecular weight excluding hydrogens is 150 g/mol. The van der Waals surface area contributed by atoms with Gasteiger partial charge in [-0.3, -0.25) is 0 Å². The van der Waals surface area contributed by atoms with Crippen molar-refractivity contribution in [3.05, 3.63) is 12.2 Å². The lowest BCUT2D eigenvalue weighted by molar-refractivity contribution is 0.302. The molecule has 0 saturated carbocycles. The predicted octanol–water partition coefficient (Wildman–Crippen LogP) is 1.94. The van der Waals surface area contributed by atoms with E-state index in [4.69, 9.17) is 10.8 Å². The third-order valence-corrected chi connectivity index (χ3v) is 1.40. The molecule has 0 aliphatic heterocycles. The average Bonchev–Trinajstić information content (AvgIpc) is 2.06. The van der Waals surface area contributed by atoms with Crippen molar-refractivity contribution in [2.75, 3.05) is 13.2 Å². The fourth-order valence-electron chi connectivity index (χ4n) is 0.539. The maximum Gasteiger partial charge on any atom is 0.0465 e. The summed E-state index contributed by atoms with van der Waals surface area (Å²) < 4.78 is 0. The first-order valence-electron chi connectivity index (χ1n) is 4.70. The van der Waals surface area contributed by atoms with Gasteiger partial charge in [-0.15, -0.1) is 0 Å².